The first-order chi connectivity index (χ1) is 14.3. The van der Waals surface area contributed by atoms with E-state index in [1.54, 1.807) is 18.7 Å². The minimum absolute atomic E-state index is 0.239. The molecule has 0 bridgehead atoms. The fourth-order valence-corrected chi connectivity index (χ4v) is 3.09. The first-order valence-corrected chi connectivity index (χ1v) is 9.35. The number of carbonyl (C=O) groups is 1. The number of urea groups is 1. The summed E-state index contributed by atoms with van der Waals surface area (Å²) in [6.45, 7) is 1.15. The fourth-order valence-electron chi connectivity index (χ4n) is 3.09. The smallest absolute Gasteiger partial charge is 0.319 e. The highest BCUT2D eigenvalue weighted by Crippen LogP contribution is 2.19. The number of hydrogen-bond donors (Lipinski definition) is 2. The number of hydrogen-bond acceptors (Lipinski definition) is 3. The lowest BCUT2D eigenvalue weighted by Crippen LogP contribution is -2.28. The number of carbonyl (C=O) groups excluding carboxylic acids is 1. The van der Waals surface area contributed by atoms with Crippen LogP contribution in [-0.4, -0.2) is 20.6 Å². The molecule has 6 heteroatoms. The molecular formula is C23H21N5O. The SMILES string of the molecule is O=C(NCc1cccc(-c2cccnc2)c1)Nc1cccc(Cn2ccnc2)c1. The third kappa shape index (κ3) is 5.07. The van der Waals surface area contributed by atoms with Crippen molar-refractivity contribution in [1.82, 2.24) is 19.9 Å². The Hall–Kier alpha value is -3.93. The van der Waals surface area contributed by atoms with Gasteiger partial charge in [-0.2, -0.15) is 0 Å². The molecule has 4 rings (SSSR count). The molecule has 0 aliphatic carbocycles. The monoisotopic (exact) mass is 383 g/mol. The molecule has 4 aromatic rings. The Bertz CT molecular complexity index is 1080. The normalized spacial score (nSPS) is 10.5. The molecule has 0 aliphatic rings. The van der Waals surface area contributed by atoms with E-state index in [1.165, 1.54) is 0 Å². The van der Waals surface area contributed by atoms with E-state index in [2.05, 4.69) is 26.7 Å². The lowest BCUT2D eigenvalue weighted by Gasteiger charge is -2.10. The lowest BCUT2D eigenvalue weighted by molar-refractivity contribution is 0.251. The van der Waals surface area contributed by atoms with Gasteiger partial charge in [0.25, 0.3) is 0 Å². The van der Waals surface area contributed by atoms with Gasteiger partial charge in [-0.3, -0.25) is 4.98 Å². The zero-order valence-electron chi connectivity index (χ0n) is 15.8. The molecule has 0 atom stereocenters. The molecule has 0 saturated heterocycles. The Kier molecular flexibility index (Phi) is 5.62. The number of nitrogens with zero attached hydrogens (tertiary/aromatic N) is 3. The maximum atomic E-state index is 12.3. The molecule has 0 radical (unpaired) electrons. The fraction of sp³-hybridized carbons (Fsp3) is 0.0870. The number of rotatable bonds is 6. The van der Waals surface area contributed by atoms with Crippen LogP contribution in [-0.2, 0) is 13.1 Å². The van der Waals surface area contributed by atoms with Gasteiger partial charge in [-0.15, -0.1) is 0 Å². The van der Waals surface area contributed by atoms with Crippen LogP contribution in [0.1, 0.15) is 11.1 Å². The Morgan fingerprint density at radius 2 is 1.76 bits per heavy atom. The van der Waals surface area contributed by atoms with Gasteiger partial charge in [0.1, 0.15) is 0 Å². The topological polar surface area (TPSA) is 71.8 Å². The highest BCUT2D eigenvalue weighted by atomic mass is 16.2. The first-order valence-electron chi connectivity index (χ1n) is 9.35. The Morgan fingerprint density at radius 1 is 0.897 bits per heavy atom. The Balaban J connectivity index is 1.35. The van der Waals surface area contributed by atoms with Crippen LogP contribution in [0.5, 0.6) is 0 Å². The summed E-state index contributed by atoms with van der Waals surface area (Å²) >= 11 is 0. The van der Waals surface area contributed by atoms with Gasteiger partial charge in [0.05, 0.1) is 6.33 Å². The van der Waals surface area contributed by atoms with Crippen LogP contribution in [0.25, 0.3) is 11.1 Å². The van der Waals surface area contributed by atoms with Gasteiger partial charge in [0.2, 0.25) is 0 Å². The molecule has 2 amide bonds. The van der Waals surface area contributed by atoms with Crippen molar-refractivity contribution in [3.8, 4) is 11.1 Å². The van der Waals surface area contributed by atoms with Crippen LogP contribution in [0.3, 0.4) is 0 Å². The molecule has 0 spiro atoms. The Morgan fingerprint density at radius 3 is 2.59 bits per heavy atom. The summed E-state index contributed by atoms with van der Waals surface area (Å²) in [5.74, 6) is 0. The third-order valence-electron chi connectivity index (χ3n) is 4.48. The number of nitrogens with one attached hydrogen (secondary N) is 2. The molecule has 2 aromatic heterocycles. The van der Waals surface area contributed by atoms with Crippen molar-refractivity contribution in [2.24, 2.45) is 0 Å². The zero-order valence-corrected chi connectivity index (χ0v) is 15.8. The molecule has 29 heavy (non-hydrogen) atoms. The van der Waals surface area contributed by atoms with Gasteiger partial charge in [-0.05, 0) is 46.5 Å². The average molecular weight is 383 g/mol. The Labute approximate surface area is 169 Å². The van der Waals surface area contributed by atoms with E-state index in [9.17, 15) is 4.79 Å². The largest absolute Gasteiger partial charge is 0.334 e. The predicted molar refractivity (Wildman–Crippen MR) is 113 cm³/mol. The minimum Gasteiger partial charge on any atom is -0.334 e. The van der Waals surface area contributed by atoms with E-state index in [-0.39, 0.29) is 6.03 Å². The second-order valence-electron chi connectivity index (χ2n) is 6.69. The van der Waals surface area contributed by atoms with Crippen molar-refractivity contribution in [3.63, 3.8) is 0 Å². The predicted octanol–water partition coefficient (Wildman–Crippen LogP) is 4.32. The van der Waals surface area contributed by atoms with Crippen molar-refractivity contribution in [1.29, 1.82) is 0 Å². The zero-order chi connectivity index (χ0) is 19.9. The number of benzene rings is 2. The molecule has 0 saturated carbocycles. The minimum atomic E-state index is -0.239. The van der Waals surface area contributed by atoms with E-state index in [0.717, 1.165) is 27.9 Å². The second kappa shape index (κ2) is 8.84. The van der Waals surface area contributed by atoms with Crippen LogP contribution >= 0.6 is 0 Å². The maximum Gasteiger partial charge on any atom is 0.319 e. The second-order valence-corrected chi connectivity index (χ2v) is 6.69. The van der Waals surface area contributed by atoms with E-state index in [1.807, 2.05) is 71.6 Å². The van der Waals surface area contributed by atoms with Gasteiger partial charge in [0.15, 0.2) is 0 Å². The average Bonchev–Trinajstić information content (AvgIpc) is 3.26. The summed E-state index contributed by atoms with van der Waals surface area (Å²) in [7, 11) is 0. The van der Waals surface area contributed by atoms with E-state index in [4.69, 9.17) is 0 Å². The quantitative estimate of drug-likeness (QED) is 0.521. The van der Waals surface area contributed by atoms with Crippen molar-refractivity contribution >= 4 is 11.7 Å². The number of amides is 2. The summed E-state index contributed by atoms with van der Waals surface area (Å²) in [5.41, 5.74) is 4.99. The van der Waals surface area contributed by atoms with Crippen molar-refractivity contribution < 1.29 is 4.79 Å². The molecule has 2 aromatic carbocycles. The van der Waals surface area contributed by atoms with E-state index >= 15 is 0 Å². The standard InChI is InChI=1S/C23H21N5O/c29-23(27-22-8-2-5-19(13-22)16-28-11-10-25-17-28)26-14-18-4-1-6-20(12-18)21-7-3-9-24-15-21/h1-13,15,17H,14,16H2,(H2,26,27,29). The number of imidazole rings is 1. The summed E-state index contributed by atoms with van der Waals surface area (Å²) < 4.78 is 1.98. The van der Waals surface area contributed by atoms with Gasteiger partial charge in [-0.25, -0.2) is 9.78 Å². The van der Waals surface area contributed by atoms with Gasteiger partial charge in [0, 0.05) is 43.6 Å². The number of pyridine rings is 1. The number of anilines is 1. The summed E-state index contributed by atoms with van der Waals surface area (Å²) in [5, 5.41) is 5.80. The summed E-state index contributed by atoms with van der Waals surface area (Å²) in [4.78, 5) is 20.5. The van der Waals surface area contributed by atoms with Gasteiger partial charge < -0.3 is 15.2 Å². The van der Waals surface area contributed by atoms with Gasteiger partial charge >= 0.3 is 6.03 Å². The lowest BCUT2D eigenvalue weighted by atomic mass is 10.0. The van der Waals surface area contributed by atoms with Crippen molar-refractivity contribution in [3.05, 3.63) is 103 Å². The highest BCUT2D eigenvalue weighted by molar-refractivity contribution is 5.89. The van der Waals surface area contributed by atoms with Crippen molar-refractivity contribution in [2.75, 3.05) is 5.32 Å². The highest BCUT2D eigenvalue weighted by Gasteiger charge is 2.05. The van der Waals surface area contributed by atoms with E-state index < -0.39 is 0 Å². The molecule has 0 unspecified atom stereocenters. The van der Waals surface area contributed by atoms with Gasteiger partial charge in [-0.1, -0.05) is 36.4 Å². The molecular weight excluding hydrogens is 362 g/mol. The molecule has 2 heterocycles. The van der Waals surface area contributed by atoms with Crippen LogP contribution in [0.15, 0.2) is 91.8 Å². The maximum absolute atomic E-state index is 12.3. The molecule has 0 aliphatic heterocycles. The summed E-state index contributed by atoms with van der Waals surface area (Å²) in [6, 6.07) is 19.5. The van der Waals surface area contributed by atoms with Crippen LogP contribution < -0.4 is 10.6 Å². The summed E-state index contributed by atoms with van der Waals surface area (Å²) in [6.07, 6.45) is 9.01. The molecule has 0 fully saturated rings. The first kappa shape index (κ1) is 18.4. The van der Waals surface area contributed by atoms with Crippen LogP contribution in [0, 0.1) is 0 Å². The third-order valence-corrected chi connectivity index (χ3v) is 4.48. The molecule has 144 valence electrons. The van der Waals surface area contributed by atoms with Crippen LogP contribution in [0.2, 0.25) is 0 Å². The van der Waals surface area contributed by atoms with E-state index in [0.29, 0.717) is 13.1 Å². The van der Waals surface area contributed by atoms with Crippen molar-refractivity contribution in [2.45, 2.75) is 13.1 Å². The molecule has 6 nitrogen and oxygen atoms in total. The van der Waals surface area contributed by atoms with Crippen LogP contribution in [0.4, 0.5) is 10.5 Å². The molecule has 2 N–H and O–H groups in total. The number of aromatic nitrogens is 3.